The van der Waals surface area contributed by atoms with Crippen LogP contribution in [0.1, 0.15) is 71.6 Å². The Kier molecular flexibility index (Phi) is 11.2. The lowest BCUT2D eigenvalue weighted by Gasteiger charge is -2.18. The summed E-state index contributed by atoms with van der Waals surface area (Å²) in [7, 11) is 0. The number of Topliss-reactive ketones (excluding diaryl/α,β-unsaturated/α-hetero) is 1. The van der Waals surface area contributed by atoms with Crippen molar-refractivity contribution < 1.29 is 24.9 Å². The number of allylic oxidation sites excluding steroid dienone is 1. The third kappa shape index (κ3) is 9.34. The van der Waals surface area contributed by atoms with Crippen LogP contribution < -0.4 is 0 Å². The molecule has 5 heteroatoms. The Morgan fingerprint density at radius 2 is 2.04 bits per heavy atom. The predicted octanol–water partition coefficient (Wildman–Crippen LogP) is 3.89. The largest absolute Gasteiger partial charge is 0.478 e. The molecule has 0 spiro atoms. The summed E-state index contributed by atoms with van der Waals surface area (Å²) in [5.74, 6) is -0.840. The molecule has 3 N–H and O–H groups in total. The fourth-order valence-electron chi connectivity index (χ4n) is 3.82. The van der Waals surface area contributed by atoms with Gasteiger partial charge in [-0.25, -0.2) is 4.79 Å². The molecular formula is C22H36O5. The molecule has 154 valence electrons. The number of carbonyl (C=O) groups excluding carboxylic acids is 1. The van der Waals surface area contributed by atoms with Crippen molar-refractivity contribution in [3.63, 3.8) is 0 Å². The molecule has 5 nitrogen and oxygen atoms in total. The molecule has 1 rings (SSSR count). The van der Waals surface area contributed by atoms with Gasteiger partial charge in [0, 0.05) is 24.3 Å². The van der Waals surface area contributed by atoms with E-state index in [0.717, 1.165) is 38.2 Å². The van der Waals surface area contributed by atoms with Crippen molar-refractivity contribution in [2.45, 2.75) is 83.8 Å². The Labute approximate surface area is 163 Å². The van der Waals surface area contributed by atoms with Crippen LogP contribution in [0.5, 0.6) is 0 Å². The molecule has 1 fully saturated rings. The first-order valence-electron chi connectivity index (χ1n) is 10.3. The summed E-state index contributed by atoms with van der Waals surface area (Å²) in [5, 5.41) is 29.0. The van der Waals surface area contributed by atoms with Crippen LogP contribution in [-0.4, -0.2) is 39.3 Å². The van der Waals surface area contributed by atoms with Crippen LogP contribution in [0.2, 0.25) is 0 Å². The van der Waals surface area contributed by atoms with E-state index in [2.05, 4.69) is 13.8 Å². The van der Waals surface area contributed by atoms with E-state index in [9.17, 15) is 19.8 Å². The molecule has 0 aliphatic heterocycles. The number of aliphatic carboxylic acids is 1. The Morgan fingerprint density at radius 3 is 2.70 bits per heavy atom. The molecule has 1 saturated carbocycles. The van der Waals surface area contributed by atoms with Crippen molar-refractivity contribution in [1.82, 2.24) is 0 Å². The zero-order valence-corrected chi connectivity index (χ0v) is 16.7. The Bertz CT molecular complexity index is 511. The van der Waals surface area contributed by atoms with Gasteiger partial charge in [0.1, 0.15) is 5.78 Å². The highest BCUT2D eigenvalue weighted by Gasteiger charge is 2.39. The van der Waals surface area contributed by atoms with Gasteiger partial charge in [-0.3, -0.25) is 4.79 Å². The van der Waals surface area contributed by atoms with Crippen molar-refractivity contribution in [1.29, 1.82) is 0 Å². The van der Waals surface area contributed by atoms with Gasteiger partial charge in [-0.05, 0) is 31.6 Å². The molecule has 0 radical (unpaired) electrons. The second-order valence-electron chi connectivity index (χ2n) is 7.88. The molecule has 27 heavy (non-hydrogen) atoms. The zero-order chi connectivity index (χ0) is 20.2. The number of unbranched alkanes of at least 4 members (excludes halogenated alkanes) is 3. The SMILES string of the molecule is CCCC[C@H](C)C[C@H](O)/C=C/[C@@H]1[C@H](O)CC(=O)[C@@H]1CCCC/C=C/C(=O)O. The van der Waals surface area contributed by atoms with Gasteiger partial charge in [0.25, 0.3) is 0 Å². The Morgan fingerprint density at radius 1 is 1.30 bits per heavy atom. The molecule has 0 heterocycles. The smallest absolute Gasteiger partial charge is 0.327 e. The maximum atomic E-state index is 12.2. The number of rotatable bonds is 13. The van der Waals surface area contributed by atoms with Gasteiger partial charge in [0.05, 0.1) is 12.2 Å². The summed E-state index contributed by atoms with van der Waals surface area (Å²) in [6.45, 7) is 4.30. The van der Waals surface area contributed by atoms with Crippen molar-refractivity contribution in [2.24, 2.45) is 17.8 Å². The van der Waals surface area contributed by atoms with Crippen LogP contribution in [0.3, 0.4) is 0 Å². The lowest BCUT2D eigenvalue weighted by molar-refractivity contribution is -0.131. The van der Waals surface area contributed by atoms with Crippen LogP contribution in [0.4, 0.5) is 0 Å². The van der Waals surface area contributed by atoms with Gasteiger partial charge in [0.2, 0.25) is 0 Å². The fraction of sp³-hybridized carbons (Fsp3) is 0.727. The third-order valence-corrected chi connectivity index (χ3v) is 5.38. The number of carboxylic acid groups (broad SMARTS) is 1. The summed E-state index contributed by atoms with van der Waals surface area (Å²) in [6.07, 6.45) is 12.4. The van der Waals surface area contributed by atoms with E-state index in [1.807, 2.05) is 6.08 Å². The van der Waals surface area contributed by atoms with Gasteiger partial charge >= 0.3 is 5.97 Å². The monoisotopic (exact) mass is 380 g/mol. The normalized spacial score (nSPS) is 25.5. The molecule has 0 aromatic rings. The van der Waals surface area contributed by atoms with E-state index in [0.29, 0.717) is 25.2 Å². The summed E-state index contributed by atoms with van der Waals surface area (Å²) in [4.78, 5) is 22.6. The first kappa shape index (κ1) is 23.6. The molecule has 0 aromatic heterocycles. The van der Waals surface area contributed by atoms with E-state index in [1.54, 1.807) is 12.2 Å². The van der Waals surface area contributed by atoms with Crippen LogP contribution >= 0.6 is 0 Å². The molecule has 5 atom stereocenters. The van der Waals surface area contributed by atoms with E-state index in [1.165, 1.54) is 0 Å². The molecular weight excluding hydrogens is 344 g/mol. The van der Waals surface area contributed by atoms with Gasteiger partial charge < -0.3 is 15.3 Å². The van der Waals surface area contributed by atoms with Crippen LogP contribution in [0.15, 0.2) is 24.3 Å². The molecule has 1 aliphatic carbocycles. The zero-order valence-electron chi connectivity index (χ0n) is 16.7. The van der Waals surface area contributed by atoms with Crippen LogP contribution in [0.25, 0.3) is 0 Å². The summed E-state index contributed by atoms with van der Waals surface area (Å²) >= 11 is 0. The van der Waals surface area contributed by atoms with Crippen molar-refractivity contribution in [2.75, 3.05) is 0 Å². The first-order valence-corrected chi connectivity index (χ1v) is 10.3. The molecule has 0 bridgehead atoms. The van der Waals surface area contributed by atoms with Gasteiger partial charge in [-0.2, -0.15) is 0 Å². The van der Waals surface area contributed by atoms with Gasteiger partial charge in [-0.1, -0.05) is 57.8 Å². The highest BCUT2D eigenvalue weighted by atomic mass is 16.4. The third-order valence-electron chi connectivity index (χ3n) is 5.38. The highest BCUT2D eigenvalue weighted by Crippen LogP contribution is 2.34. The first-order chi connectivity index (χ1) is 12.8. The average molecular weight is 381 g/mol. The minimum atomic E-state index is -0.947. The van der Waals surface area contributed by atoms with E-state index in [4.69, 9.17) is 5.11 Å². The molecule has 0 amide bonds. The molecule has 0 saturated heterocycles. The number of hydrogen-bond acceptors (Lipinski definition) is 4. The van der Waals surface area contributed by atoms with E-state index in [-0.39, 0.29) is 24.0 Å². The maximum Gasteiger partial charge on any atom is 0.327 e. The quantitative estimate of drug-likeness (QED) is 0.256. The van der Waals surface area contributed by atoms with E-state index >= 15 is 0 Å². The number of carboxylic acids is 1. The lowest BCUT2D eigenvalue weighted by atomic mass is 9.88. The lowest BCUT2D eigenvalue weighted by Crippen LogP contribution is -2.19. The highest BCUT2D eigenvalue weighted by molar-refractivity contribution is 5.84. The number of carbonyl (C=O) groups is 2. The average Bonchev–Trinajstić information content (AvgIpc) is 2.87. The predicted molar refractivity (Wildman–Crippen MR) is 106 cm³/mol. The molecule has 0 unspecified atom stereocenters. The van der Waals surface area contributed by atoms with Crippen LogP contribution in [0, 0.1) is 17.8 Å². The van der Waals surface area contributed by atoms with Gasteiger partial charge in [0.15, 0.2) is 0 Å². The minimum absolute atomic E-state index is 0.0871. The summed E-state index contributed by atoms with van der Waals surface area (Å²) in [5.41, 5.74) is 0. The number of ketones is 1. The number of aliphatic hydroxyl groups is 2. The van der Waals surface area contributed by atoms with Crippen molar-refractivity contribution in [3.8, 4) is 0 Å². The Hall–Kier alpha value is -1.46. The second kappa shape index (κ2) is 12.8. The maximum absolute atomic E-state index is 12.2. The number of aliphatic hydroxyl groups excluding tert-OH is 2. The minimum Gasteiger partial charge on any atom is -0.478 e. The van der Waals surface area contributed by atoms with Crippen molar-refractivity contribution >= 4 is 11.8 Å². The standard InChI is InChI=1S/C22H36O5/c1-3-4-9-16(2)14-17(23)12-13-19-18(20(24)15-21(19)25)10-7-5-6-8-11-22(26)27/h8,11-13,16-19,21,23,25H,3-7,9-10,14-15H2,1-2H3,(H,26,27)/b11-8+,13-12+/t16-,17+,18+,19-,21+/m0/s1. The Balaban J connectivity index is 2.47. The van der Waals surface area contributed by atoms with E-state index < -0.39 is 18.2 Å². The molecule has 1 aliphatic rings. The number of hydrogen-bond donors (Lipinski definition) is 3. The second-order valence-corrected chi connectivity index (χ2v) is 7.88. The van der Waals surface area contributed by atoms with Crippen LogP contribution in [-0.2, 0) is 9.59 Å². The summed E-state index contributed by atoms with van der Waals surface area (Å²) in [6, 6.07) is 0. The van der Waals surface area contributed by atoms with Gasteiger partial charge in [-0.15, -0.1) is 0 Å². The topological polar surface area (TPSA) is 94.8 Å². The van der Waals surface area contributed by atoms with Crippen molar-refractivity contribution in [3.05, 3.63) is 24.3 Å². The fourth-order valence-corrected chi connectivity index (χ4v) is 3.82. The summed E-state index contributed by atoms with van der Waals surface area (Å²) < 4.78 is 0. The molecule has 0 aromatic carbocycles.